The second-order valence-corrected chi connectivity index (χ2v) is 9.88. The van der Waals surface area contributed by atoms with Crippen LogP contribution in [0, 0.1) is 6.07 Å². The first-order valence-corrected chi connectivity index (χ1v) is 13.3. The Labute approximate surface area is 256 Å². The molecule has 2 heterocycles. The van der Waals surface area contributed by atoms with E-state index in [1.807, 2.05) is 36.4 Å². The van der Waals surface area contributed by atoms with Crippen LogP contribution in [0.3, 0.4) is 0 Å². The fraction of sp³-hybridized carbons (Fsp3) is 0. The monoisotopic (exact) mass is 720 g/mol. The molecule has 0 bridgehead atoms. The zero-order valence-electron chi connectivity index (χ0n) is 22.3. The van der Waals surface area contributed by atoms with Crippen molar-refractivity contribution < 1.29 is 30.0 Å². The molecule has 0 saturated carbocycles. The SMILES string of the molecule is O=C(O)c1cc2ccccc2cn1.[Ir].[c-]1ccc(-c2ccccc2)cc1-c1cc2c3c(cccc3n1)-c1ccccc1-2. The van der Waals surface area contributed by atoms with Gasteiger partial charge in [0.25, 0.3) is 0 Å². The molecule has 4 nitrogen and oxygen atoms in total. The summed E-state index contributed by atoms with van der Waals surface area (Å²) in [5.41, 5.74) is 10.6. The number of fused-ring (bicyclic) bond motifs is 4. The van der Waals surface area contributed by atoms with E-state index in [0.29, 0.717) is 0 Å². The first kappa shape index (κ1) is 27.2. The average molecular weight is 720 g/mol. The number of aromatic nitrogens is 2. The molecule has 42 heavy (non-hydrogen) atoms. The van der Waals surface area contributed by atoms with Crippen LogP contribution in [0.1, 0.15) is 10.5 Å². The number of hydrogen-bond donors (Lipinski definition) is 1. The Morgan fingerprint density at radius 1 is 0.643 bits per heavy atom. The smallest absolute Gasteiger partial charge is 0.354 e. The molecule has 0 amide bonds. The molecule has 203 valence electrons. The minimum absolute atomic E-state index is 0. The molecule has 0 saturated heterocycles. The number of benzene rings is 5. The number of aromatic carboxylic acids is 1. The fourth-order valence-corrected chi connectivity index (χ4v) is 5.44. The number of carboxylic acids is 1. The van der Waals surface area contributed by atoms with Crippen LogP contribution >= 0.6 is 0 Å². The molecule has 0 atom stereocenters. The molecular weight excluding hydrogens is 697 g/mol. The Morgan fingerprint density at radius 3 is 2.12 bits per heavy atom. The minimum Gasteiger partial charge on any atom is -0.477 e. The summed E-state index contributed by atoms with van der Waals surface area (Å²) in [5.74, 6) is -0.995. The third-order valence-corrected chi connectivity index (χ3v) is 7.38. The maximum absolute atomic E-state index is 10.6. The molecule has 0 aliphatic heterocycles. The Balaban J connectivity index is 0.000000191. The molecule has 0 unspecified atom stereocenters. The average Bonchev–Trinajstić information content (AvgIpc) is 3.36. The number of nitrogens with zero attached hydrogens (tertiary/aromatic N) is 2. The van der Waals surface area contributed by atoms with Gasteiger partial charge in [0.15, 0.2) is 0 Å². The van der Waals surface area contributed by atoms with Crippen LogP contribution in [0.4, 0.5) is 0 Å². The summed E-state index contributed by atoms with van der Waals surface area (Å²) in [6.45, 7) is 0. The maximum Gasteiger partial charge on any atom is 0.354 e. The van der Waals surface area contributed by atoms with Crippen molar-refractivity contribution in [2.75, 3.05) is 0 Å². The molecule has 5 heteroatoms. The predicted octanol–water partition coefficient (Wildman–Crippen LogP) is 8.95. The molecule has 2 aromatic heterocycles. The quantitative estimate of drug-likeness (QED) is 0.185. The number of pyridine rings is 2. The van der Waals surface area contributed by atoms with Crippen molar-refractivity contribution in [2.45, 2.75) is 0 Å². The number of carbonyl (C=O) groups is 1. The summed E-state index contributed by atoms with van der Waals surface area (Å²) >= 11 is 0. The van der Waals surface area contributed by atoms with E-state index < -0.39 is 5.97 Å². The van der Waals surface area contributed by atoms with Gasteiger partial charge < -0.3 is 5.11 Å². The van der Waals surface area contributed by atoms with Crippen LogP contribution < -0.4 is 0 Å². The van der Waals surface area contributed by atoms with Gasteiger partial charge in [-0.2, -0.15) is 0 Å². The van der Waals surface area contributed by atoms with Gasteiger partial charge in [0.1, 0.15) is 5.69 Å². The van der Waals surface area contributed by atoms with E-state index in [1.54, 1.807) is 12.3 Å². The van der Waals surface area contributed by atoms with Crippen molar-refractivity contribution in [1.82, 2.24) is 9.97 Å². The van der Waals surface area contributed by atoms with E-state index in [9.17, 15) is 4.79 Å². The topological polar surface area (TPSA) is 63.1 Å². The summed E-state index contributed by atoms with van der Waals surface area (Å²) in [6.07, 6.45) is 1.57. The molecule has 1 N–H and O–H groups in total. The number of carboxylic acid groups (broad SMARTS) is 1. The van der Waals surface area contributed by atoms with Crippen LogP contribution in [0.25, 0.3) is 66.3 Å². The van der Waals surface area contributed by atoms with Crippen molar-refractivity contribution >= 4 is 27.6 Å². The van der Waals surface area contributed by atoms with Gasteiger partial charge in [0.2, 0.25) is 0 Å². The van der Waals surface area contributed by atoms with Crippen molar-refractivity contribution in [3.63, 3.8) is 0 Å². The van der Waals surface area contributed by atoms with E-state index in [-0.39, 0.29) is 25.8 Å². The second kappa shape index (κ2) is 11.5. The first-order chi connectivity index (χ1) is 20.2. The van der Waals surface area contributed by atoms with Gasteiger partial charge in [-0.15, -0.1) is 35.4 Å². The van der Waals surface area contributed by atoms with E-state index in [1.165, 1.54) is 38.8 Å². The Morgan fingerprint density at radius 2 is 1.33 bits per heavy atom. The van der Waals surface area contributed by atoms with Gasteiger partial charge in [0, 0.05) is 37.1 Å². The van der Waals surface area contributed by atoms with Gasteiger partial charge in [-0.3, -0.25) is 4.98 Å². The van der Waals surface area contributed by atoms with E-state index in [2.05, 4.69) is 96.0 Å². The second-order valence-electron chi connectivity index (χ2n) is 9.88. The van der Waals surface area contributed by atoms with Crippen LogP contribution in [-0.4, -0.2) is 21.0 Å². The van der Waals surface area contributed by atoms with Gasteiger partial charge in [-0.05, 0) is 51.0 Å². The minimum atomic E-state index is -0.995. The summed E-state index contributed by atoms with van der Waals surface area (Å²) in [5, 5.41) is 11.8. The van der Waals surface area contributed by atoms with Crippen molar-refractivity contribution in [3.05, 3.63) is 145 Å². The molecule has 1 radical (unpaired) electrons. The number of hydrogen-bond acceptors (Lipinski definition) is 3. The zero-order chi connectivity index (χ0) is 27.8. The number of rotatable bonds is 3. The van der Waals surface area contributed by atoms with Crippen molar-refractivity contribution in [2.24, 2.45) is 0 Å². The van der Waals surface area contributed by atoms with Gasteiger partial charge in [-0.1, -0.05) is 97.1 Å². The third-order valence-electron chi connectivity index (χ3n) is 7.38. The molecule has 7 aromatic rings. The Bertz CT molecular complexity index is 2090. The van der Waals surface area contributed by atoms with Crippen molar-refractivity contribution in [1.29, 1.82) is 0 Å². The molecule has 8 rings (SSSR count). The summed E-state index contributed by atoms with van der Waals surface area (Å²) in [4.78, 5) is 19.4. The molecular formula is C37H23IrN2O2-. The normalized spacial score (nSPS) is 10.9. The molecule has 1 aliphatic carbocycles. The first-order valence-electron chi connectivity index (χ1n) is 13.3. The summed E-state index contributed by atoms with van der Waals surface area (Å²) < 4.78 is 0. The molecule has 0 fully saturated rings. The largest absolute Gasteiger partial charge is 0.477 e. The van der Waals surface area contributed by atoms with Gasteiger partial charge in [-0.25, -0.2) is 9.78 Å². The summed E-state index contributed by atoms with van der Waals surface area (Å²) in [6, 6.07) is 46.5. The van der Waals surface area contributed by atoms with E-state index in [0.717, 1.165) is 27.5 Å². The third kappa shape index (κ3) is 5.01. The van der Waals surface area contributed by atoms with E-state index >= 15 is 0 Å². The van der Waals surface area contributed by atoms with Crippen LogP contribution in [0.2, 0.25) is 0 Å². The van der Waals surface area contributed by atoms with Crippen molar-refractivity contribution in [3.8, 4) is 44.6 Å². The zero-order valence-corrected chi connectivity index (χ0v) is 24.7. The van der Waals surface area contributed by atoms with Gasteiger partial charge >= 0.3 is 5.97 Å². The molecule has 1 aliphatic rings. The Hall–Kier alpha value is -4.96. The summed E-state index contributed by atoms with van der Waals surface area (Å²) in [7, 11) is 0. The van der Waals surface area contributed by atoms with Crippen LogP contribution in [-0.2, 0) is 20.1 Å². The van der Waals surface area contributed by atoms with E-state index in [4.69, 9.17) is 10.1 Å². The van der Waals surface area contributed by atoms with Gasteiger partial charge in [0.05, 0.1) is 5.52 Å². The van der Waals surface area contributed by atoms with Crippen LogP contribution in [0.15, 0.2) is 134 Å². The predicted molar refractivity (Wildman–Crippen MR) is 165 cm³/mol. The molecule has 5 aromatic carbocycles. The Kier molecular flexibility index (Phi) is 7.45. The molecule has 0 spiro atoms. The fourth-order valence-electron chi connectivity index (χ4n) is 5.44. The standard InChI is InChI=1S/C27H16N.C10H7NO2.Ir/c1-2-8-18(9-3-1)19-10-6-11-20(16-19)26-17-24-22-13-5-4-12-21(22)23-14-7-15-25(28-26)27(23)24;12-10(13)9-5-7-3-1-2-4-8(7)6-11-9;/h1-10,12-17H;1-6H,(H,12,13);/q-1;;. The maximum atomic E-state index is 10.6. The van der Waals surface area contributed by atoms with Crippen LogP contribution in [0.5, 0.6) is 0 Å².